The first-order valence-electron chi connectivity index (χ1n) is 9.36. The van der Waals surface area contributed by atoms with E-state index in [2.05, 4.69) is 0 Å². The molecular formula is C20H26N2O5. The monoisotopic (exact) mass is 374 g/mol. The number of carbonyl (C=O) groups excluding carboxylic acids is 3. The molecule has 27 heavy (non-hydrogen) atoms. The molecule has 7 nitrogen and oxygen atoms in total. The molecule has 0 spiro atoms. The van der Waals surface area contributed by atoms with Crippen molar-refractivity contribution in [2.75, 3.05) is 40.4 Å². The molecule has 7 heteroatoms. The third-order valence-corrected chi connectivity index (χ3v) is 5.36. The number of amides is 2. The molecule has 3 rings (SSSR count). The predicted octanol–water partition coefficient (Wildman–Crippen LogP) is 1.96. The lowest BCUT2D eigenvalue weighted by atomic mass is 9.95. The van der Waals surface area contributed by atoms with Crippen LogP contribution in [-0.4, -0.2) is 68.0 Å². The van der Waals surface area contributed by atoms with Crippen molar-refractivity contribution in [2.45, 2.75) is 25.7 Å². The molecule has 0 N–H and O–H groups in total. The minimum atomic E-state index is -0.503. The van der Waals surface area contributed by atoms with Crippen molar-refractivity contribution in [1.82, 2.24) is 9.80 Å². The Morgan fingerprint density at radius 2 is 1.78 bits per heavy atom. The molecule has 0 radical (unpaired) electrons. The smallest absolute Gasteiger partial charge is 0.338 e. The number of rotatable bonds is 5. The average molecular weight is 374 g/mol. The highest BCUT2D eigenvalue weighted by Crippen LogP contribution is 2.24. The Balaban J connectivity index is 1.63. The highest BCUT2D eigenvalue weighted by atomic mass is 16.5. The maximum Gasteiger partial charge on any atom is 0.338 e. The van der Waals surface area contributed by atoms with Gasteiger partial charge in [-0.1, -0.05) is 0 Å². The van der Waals surface area contributed by atoms with Gasteiger partial charge >= 0.3 is 5.97 Å². The van der Waals surface area contributed by atoms with Gasteiger partial charge in [0, 0.05) is 38.2 Å². The van der Waals surface area contributed by atoms with Gasteiger partial charge in [0.05, 0.1) is 19.8 Å². The van der Waals surface area contributed by atoms with E-state index in [0.717, 1.165) is 32.4 Å². The molecule has 2 aliphatic rings. The van der Waals surface area contributed by atoms with Crippen LogP contribution in [0.5, 0.6) is 5.75 Å². The summed E-state index contributed by atoms with van der Waals surface area (Å²) < 4.78 is 9.96. The summed E-state index contributed by atoms with van der Waals surface area (Å²) in [5, 5.41) is 0. The van der Waals surface area contributed by atoms with Crippen LogP contribution in [0.1, 0.15) is 46.4 Å². The van der Waals surface area contributed by atoms with E-state index >= 15 is 0 Å². The molecule has 1 aromatic rings. The Morgan fingerprint density at radius 1 is 1.07 bits per heavy atom. The fourth-order valence-electron chi connectivity index (χ4n) is 3.79. The molecule has 0 aliphatic carbocycles. The van der Waals surface area contributed by atoms with Gasteiger partial charge in [0.15, 0.2) is 0 Å². The second kappa shape index (κ2) is 8.41. The highest BCUT2D eigenvalue weighted by Gasteiger charge is 2.28. The molecule has 1 aromatic carbocycles. The minimum Gasteiger partial charge on any atom is -0.497 e. The largest absolute Gasteiger partial charge is 0.497 e. The highest BCUT2D eigenvalue weighted by molar-refractivity contribution is 5.98. The Labute approximate surface area is 159 Å². The van der Waals surface area contributed by atoms with Gasteiger partial charge in [0.25, 0.3) is 5.91 Å². The van der Waals surface area contributed by atoms with Gasteiger partial charge in [0.2, 0.25) is 5.91 Å². The van der Waals surface area contributed by atoms with Crippen molar-refractivity contribution in [2.24, 2.45) is 5.92 Å². The summed E-state index contributed by atoms with van der Waals surface area (Å²) in [6, 6.07) is 4.75. The summed E-state index contributed by atoms with van der Waals surface area (Å²) >= 11 is 0. The number of benzene rings is 1. The molecule has 0 bridgehead atoms. The fraction of sp³-hybridized carbons (Fsp3) is 0.550. The zero-order valence-corrected chi connectivity index (χ0v) is 15.9. The van der Waals surface area contributed by atoms with E-state index in [1.165, 1.54) is 14.2 Å². The van der Waals surface area contributed by atoms with Crippen LogP contribution in [-0.2, 0) is 9.53 Å². The van der Waals surface area contributed by atoms with Crippen molar-refractivity contribution >= 4 is 17.8 Å². The van der Waals surface area contributed by atoms with Crippen molar-refractivity contribution < 1.29 is 23.9 Å². The molecule has 0 unspecified atom stereocenters. The van der Waals surface area contributed by atoms with Crippen LogP contribution < -0.4 is 4.74 Å². The molecule has 146 valence electrons. The first kappa shape index (κ1) is 19.2. The van der Waals surface area contributed by atoms with Crippen molar-refractivity contribution in [3.05, 3.63) is 29.3 Å². The second-order valence-corrected chi connectivity index (χ2v) is 7.12. The van der Waals surface area contributed by atoms with Crippen LogP contribution in [0.3, 0.4) is 0 Å². The van der Waals surface area contributed by atoms with E-state index in [4.69, 9.17) is 9.47 Å². The van der Waals surface area contributed by atoms with E-state index in [0.29, 0.717) is 42.3 Å². The van der Waals surface area contributed by atoms with Gasteiger partial charge in [-0.2, -0.15) is 0 Å². The molecule has 2 aliphatic heterocycles. The number of hydrogen-bond acceptors (Lipinski definition) is 5. The SMILES string of the molecule is COC(=O)c1cc(OC)cc(C(=O)N2CCC(CN3CCCC3=O)CC2)c1. The standard InChI is InChI=1S/C20H26N2O5/c1-26-17-11-15(10-16(12-17)20(25)27-2)19(24)21-8-5-14(6-9-21)13-22-7-3-4-18(22)23/h10-12,14H,3-9,13H2,1-2H3. The van der Waals surface area contributed by atoms with Crippen molar-refractivity contribution in [3.63, 3.8) is 0 Å². The second-order valence-electron chi connectivity index (χ2n) is 7.12. The summed E-state index contributed by atoms with van der Waals surface area (Å²) in [5.41, 5.74) is 0.713. The Hall–Kier alpha value is -2.57. The minimum absolute atomic E-state index is 0.116. The molecule has 2 fully saturated rings. The Kier molecular flexibility index (Phi) is 5.98. The third-order valence-electron chi connectivity index (χ3n) is 5.36. The molecule has 0 saturated carbocycles. The third kappa shape index (κ3) is 4.40. The van der Waals surface area contributed by atoms with E-state index in [1.54, 1.807) is 23.1 Å². The van der Waals surface area contributed by atoms with Crippen LogP contribution in [0, 0.1) is 5.92 Å². The van der Waals surface area contributed by atoms with Crippen LogP contribution in [0.4, 0.5) is 0 Å². The first-order valence-corrected chi connectivity index (χ1v) is 9.36. The average Bonchev–Trinajstić information content (AvgIpc) is 3.11. The lowest BCUT2D eigenvalue weighted by Crippen LogP contribution is -2.42. The van der Waals surface area contributed by atoms with Gasteiger partial charge in [0.1, 0.15) is 5.75 Å². The molecule has 2 amide bonds. The van der Waals surface area contributed by atoms with Gasteiger partial charge in [-0.05, 0) is 43.4 Å². The number of piperidine rings is 1. The lowest BCUT2D eigenvalue weighted by molar-refractivity contribution is -0.128. The molecular weight excluding hydrogens is 348 g/mol. The number of ether oxygens (including phenoxy) is 2. The quantitative estimate of drug-likeness (QED) is 0.737. The summed E-state index contributed by atoms with van der Waals surface area (Å²) in [6.07, 6.45) is 3.37. The number of hydrogen-bond donors (Lipinski definition) is 0. The Bertz CT molecular complexity index is 725. The summed E-state index contributed by atoms with van der Waals surface area (Å²) in [5.74, 6) is 0.516. The maximum absolute atomic E-state index is 12.9. The van der Waals surface area contributed by atoms with E-state index in [9.17, 15) is 14.4 Å². The lowest BCUT2D eigenvalue weighted by Gasteiger charge is -2.34. The fourth-order valence-corrected chi connectivity index (χ4v) is 3.79. The van der Waals surface area contributed by atoms with E-state index in [-0.39, 0.29) is 11.8 Å². The van der Waals surface area contributed by atoms with E-state index < -0.39 is 5.97 Å². The van der Waals surface area contributed by atoms with Gasteiger partial charge in [-0.15, -0.1) is 0 Å². The van der Waals surface area contributed by atoms with Crippen LogP contribution in [0.25, 0.3) is 0 Å². The van der Waals surface area contributed by atoms with Gasteiger partial charge < -0.3 is 19.3 Å². The van der Waals surface area contributed by atoms with Crippen LogP contribution in [0.15, 0.2) is 18.2 Å². The van der Waals surface area contributed by atoms with Gasteiger partial charge in [-0.3, -0.25) is 9.59 Å². The van der Waals surface area contributed by atoms with Crippen LogP contribution >= 0.6 is 0 Å². The summed E-state index contributed by atoms with van der Waals surface area (Å²) in [6.45, 7) is 2.96. The topological polar surface area (TPSA) is 76.2 Å². The molecule has 2 heterocycles. The Morgan fingerprint density at radius 3 is 2.37 bits per heavy atom. The van der Waals surface area contributed by atoms with Crippen molar-refractivity contribution in [3.8, 4) is 5.75 Å². The number of carbonyl (C=O) groups is 3. The molecule has 2 saturated heterocycles. The summed E-state index contributed by atoms with van der Waals surface area (Å²) in [7, 11) is 2.80. The van der Waals surface area contributed by atoms with Gasteiger partial charge in [-0.25, -0.2) is 4.79 Å². The number of likely N-dealkylation sites (tertiary alicyclic amines) is 2. The van der Waals surface area contributed by atoms with Crippen molar-refractivity contribution in [1.29, 1.82) is 0 Å². The maximum atomic E-state index is 12.9. The van der Waals surface area contributed by atoms with E-state index in [1.807, 2.05) is 4.90 Å². The first-order chi connectivity index (χ1) is 13.0. The number of esters is 1. The number of methoxy groups -OCH3 is 2. The zero-order chi connectivity index (χ0) is 19.4. The zero-order valence-electron chi connectivity index (χ0n) is 15.9. The molecule has 0 aromatic heterocycles. The normalized spacial score (nSPS) is 17.9. The number of nitrogens with zero attached hydrogens (tertiary/aromatic N) is 2. The predicted molar refractivity (Wildman–Crippen MR) is 98.8 cm³/mol. The van der Waals surface area contributed by atoms with Crippen LogP contribution in [0.2, 0.25) is 0 Å². The molecule has 0 atom stereocenters. The summed E-state index contributed by atoms with van der Waals surface area (Å²) in [4.78, 5) is 40.3.